The highest BCUT2D eigenvalue weighted by Gasteiger charge is 2.32. The SMILES string of the molecule is CC1CC(O)(CCCS(C)(=O)=O)CCO1. The lowest BCUT2D eigenvalue weighted by Gasteiger charge is -2.35. The molecule has 4 nitrogen and oxygen atoms in total. The Hall–Kier alpha value is -0.130. The molecule has 15 heavy (non-hydrogen) atoms. The number of hydrogen-bond donors (Lipinski definition) is 1. The second kappa shape index (κ2) is 4.80. The van der Waals surface area contributed by atoms with E-state index in [1.54, 1.807) is 0 Å². The summed E-state index contributed by atoms with van der Waals surface area (Å²) in [6, 6.07) is 0. The molecule has 0 aromatic rings. The first-order chi connectivity index (χ1) is 6.81. The first-order valence-electron chi connectivity index (χ1n) is 5.32. The van der Waals surface area contributed by atoms with Crippen LogP contribution in [-0.2, 0) is 14.6 Å². The van der Waals surface area contributed by atoms with Crippen LogP contribution in [0.5, 0.6) is 0 Å². The third-order valence-electron chi connectivity index (χ3n) is 2.79. The molecule has 0 spiro atoms. The molecule has 90 valence electrons. The summed E-state index contributed by atoms with van der Waals surface area (Å²) >= 11 is 0. The summed E-state index contributed by atoms with van der Waals surface area (Å²) in [7, 11) is -2.91. The predicted molar refractivity (Wildman–Crippen MR) is 58.5 cm³/mol. The van der Waals surface area contributed by atoms with Crippen molar-refractivity contribution in [2.24, 2.45) is 0 Å². The molecule has 0 saturated carbocycles. The van der Waals surface area contributed by atoms with Crippen LogP contribution in [0.2, 0.25) is 0 Å². The monoisotopic (exact) mass is 236 g/mol. The third-order valence-corrected chi connectivity index (χ3v) is 3.82. The average Bonchev–Trinajstić information content (AvgIpc) is 1.99. The fraction of sp³-hybridized carbons (Fsp3) is 1.00. The van der Waals surface area contributed by atoms with Crippen molar-refractivity contribution in [1.82, 2.24) is 0 Å². The Morgan fingerprint density at radius 3 is 2.73 bits per heavy atom. The number of sulfone groups is 1. The van der Waals surface area contributed by atoms with Gasteiger partial charge in [-0.05, 0) is 26.2 Å². The minimum atomic E-state index is -2.91. The van der Waals surface area contributed by atoms with Crippen molar-refractivity contribution in [3.63, 3.8) is 0 Å². The molecular weight excluding hydrogens is 216 g/mol. The van der Waals surface area contributed by atoms with Gasteiger partial charge < -0.3 is 9.84 Å². The highest BCUT2D eigenvalue weighted by molar-refractivity contribution is 7.90. The van der Waals surface area contributed by atoms with Crippen LogP contribution in [0.15, 0.2) is 0 Å². The van der Waals surface area contributed by atoms with Crippen molar-refractivity contribution in [2.75, 3.05) is 18.6 Å². The largest absolute Gasteiger partial charge is 0.390 e. The van der Waals surface area contributed by atoms with Gasteiger partial charge in [0.2, 0.25) is 0 Å². The van der Waals surface area contributed by atoms with Crippen LogP contribution in [0.25, 0.3) is 0 Å². The molecule has 2 unspecified atom stereocenters. The van der Waals surface area contributed by atoms with Gasteiger partial charge in [0, 0.05) is 25.0 Å². The molecule has 0 bridgehead atoms. The molecule has 2 atom stereocenters. The van der Waals surface area contributed by atoms with Crippen molar-refractivity contribution in [2.45, 2.75) is 44.3 Å². The summed E-state index contributed by atoms with van der Waals surface area (Å²) < 4.78 is 27.2. The summed E-state index contributed by atoms with van der Waals surface area (Å²) in [4.78, 5) is 0. The van der Waals surface area contributed by atoms with Gasteiger partial charge in [-0.2, -0.15) is 0 Å². The van der Waals surface area contributed by atoms with Gasteiger partial charge in [-0.1, -0.05) is 0 Å². The van der Waals surface area contributed by atoms with E-state index in [1.807, 2.05) is 6.92 Å². The molecule has 0 aliphatic carbocycles. The molecule has 0 aromatic heterocycles. The van der Waals surface area contributed by atoms with Gasteiger partial charge in [0.1, 0.15) is 9.84 Å². The second-order valence-corrected chi connectivity index (χ2v) is 6.85. The molecule has 1 heterocycles. The van der Waals surface area contributed by atoms with E-state index in [2.05, 4.69) is 0 Å². The van der Waals surface area contributed by atoms with Crippen LogP contribution < -0.4 is 0 Å². The lowest BCUT2D eigenvalue weighted by molar-refractivity contribution is -0.100. The summed E-state index contributed by atoms with van der Waals surface area (Å²) in [5, 5.41) is 10.2. The quantitative estimate of drug-likeness (QED) is 0.782. The van der Waals surface area contributed by atoms with Gasteiger partial charge in [0.15, 0.2) is 0 Å². The van der Waals surface area contributed by atoms with E-state index in [9.17, 15) is 13.5 Å². The summed E-state index contributed by atoms with van der Waals surface area (Å²) in [5.41, 5.74) is -0.720. The molecule has 1 aliphatic rings. The normalized spacial score (nSPS) is 32.9. The van der Waals surface area contributed by atoms with Crippen LogP contribution in [0.3, 0.4) is 0 Å². The minimum Gasteiger partial charge on any atom is -0.390 e. The van der Waals surface area contributed by atoms with Gasteiger partial charge >= 0.3 is 0 Å². The van der Waals surface area contributed by atoms with E-state index in [0.717, 1.165) is 0 Å². The maximum atomic E-state index is 10.9. The van der Waals surface area contributed by atoms with E-state index in [1.165, 1.54) is 6.26 Å². The summed E-state index contributed by atoms with van der Waals surface area (Å²) in [6.07, 6.45) is 3.60. The Morgan fingerprint density at radius 2 is 2.20 bits per heavy atom. The molecule has 0 aromatic carbocycles. The van der Waals surface area contributed by atoms with Crippen molar-refractivity contribution >= 4 is 9.84 Å². The Balaban J connectivity index is 2.36. The van der Waals surface area contributed by atoms with Crippen LogP contribution >= 0.6 is 0 Å². The number of rotatable bonds is 4. The first kappa shape index (κ1) is 12.9. The maximum absolute atomic E-state index is 10.9. The molecule has 1 saturated heterocycles. The summed E-state index contributed by atoms with van der Waals surface area (Å²) in [5.74, 6) is 0.157. The third kappa shape index (κ3) is 4.95. The molecule has 0 amide bonds. The Morgan fingerprint density at radius 1 is 1.53 bits per heavy atom. The smallest absolute Gasteiger partial charge is 0.147 e. The highest BCUT2D eigenvalue weighted by Crippen LogP contribution is 2.28. The van der Waals surface area contributed by atoms with Crippen molar-refractivity contribution in [1.29, 1.82) is 0 Å². The standard InChI is InChI=1S/C10H20O4S/c1-9-8-10(11,5-6-14-9)4-3-7-15(2,12)13/h9,11H,3-8H2,1-2H3. The van der Waals surface area contributed by atoms with Crippen LogP contribution in [0, 0.1) is 0 Å². The van der Waals surface area contributed by atoms with Crippen LogP contribution in [0.4, 0.5) is 0 Å². The highest BCUT2D eigenvalue weighted by atomic mass is 32.2. The number of hydrogen-bond acceptors (Lipinski definition) is 4. The van der Waals surface area contributed by atoms with Gasteiger partial charge in [-0.25, -0.2) is 8.42 Å². The Kier molecular flexibility index (Phi) is 4.14. The lowest BCUT2D eigenvalue weighted by Crippen LogP contribution is -2.39. The average molecular weight is 236 g/mol. The van der Waals surface area contributed by atoms with Crippen LogP contribution in [-0.4, -0.2) is 43.8 Å². The first-order valence-corrected chi connectivity index (χ1v) is 7.39. The molecule has 1 aliphatic heterocycles. The summed E-state index contributed by atoms with van der Waals surface area (Å²) in [6.45, 7) is 2.50. The maximum Gasteiger partial charge on any atom is 0.147 e. The second-order valence-electron chi connectivity index (χ2n) is 4.59. The minimum absolute atomic E-state index is 0.0713. The van der Waals surface area contributed by atoms with Gasteiger partial charge in [0.25, 0.3) is 0 Å². The number of aliphatic hydroxyl groups is 1. The molecule has 5 heteroatoms. The molecule has 1 rings (SSSR count). The zero-order valence-corrected chi connectivity index (χ0v) is 10.2. The van der Waals surface area contributed by atoms with Gasteiger partial charge in [-0.3, -0.25) is 0 Å². The zero-order valence-electron chi connectivity index (χ0n) is 9.40. The van der Waals surface area contributed by atoms with Crippen LogP contribution in [0.1, 0.15) is 32.6 Å². The van der Waals surface area contributed by atoms with Crippen molar-refractivity contribution in [3.05, 3.63) is 0 Å². The fourth-order valence-corrected chi connectivity index (χ4v) is 2.71. The topological polar surface area (TPSA) is 63.6 Å². The number of ether oxygens (including phenoxy) is 1. The Bertz CT molecular complexity index is 299. The molecule has 1 N–H and O–H groups in total. The zero-order chi connectivity index (χ0) is 11.5. The molecule has 1 fully saturated rings. The molecule has 0 radical (unpaired) electrons. The van der Waals surface area contributed by atoms with Crippen molar-refractivity contribution in [3.8, 4) is 0 Å². The molecular formula is C10H20O4S. The fourth-order valence-electron chi connectivity index (χ4n) is 2.04. The predicted octanol–water partition coefficient (Wildman–Crippen LogP) is 0.741. The van der Waals surface area contributed by atoms with E-state index in [4.69, 9.17) is 4.74 Å². The van der Waals surface area contributed by atoms with E-state index < -0.39 is 15.4 Å². The van der Waals surface area contributed by atoms with E-state index >= 15 is 0 Å². The van der Waals surface area contributed by atoms with E-state index in [0.29, 0.717) is 32.3 Å². The van der Waals surface area contributed by atoms with Gasteiger partial charge in [-0.15, -0.1) is 0 Å². The lowest BCUT2D eigenvalue weighted by atomic mass is 9.87. The van der Waals surface area contributed by atoms with Gasteiger partial charge in [0.05, 0.1) is 11.7 Å². The van der Waals surface area contributed by atoms with Crippen molar-refractivity contribution < 1.29 is 18.3 Å². The van der Waals surface area contributed by atoms with E-state index in [-0.39, 0.29) is 11.9 Å². The Labute approximate surface area is 91.6 Å².